The largest absolute Gasteiger partial charge is 0.388 e. The van der Waals surface area contributed by atoms with Crippen LogP contribution in [0.2, 0.25) is 0 Å². The molecule has 1 aliphatic rings. The summed E-state index contributed by atoms with van der Waals surface area (Å²) in [6.07, 6.45) is 3.78. The van der Waals surface area contributed by atoms with Gasteiger partial charge in [-0.2, -0.15) is 0 Å². The molecular formula is C18H23N3O2S. The molecule has 2 N–H and O–H groups in total. The van der Waals surface area contributed by atoms with Crippen molar-refractivity contribution in [3.8, 4) is 0 Å². The van der Waals surface area contributed by atoms with Crippen molar-refractivity contribution in [3.63, 3.8) is 0 Å². The van der Waals surface area contributed by atoms with Crippen molar-refractivity contribution in [1.82, 2.24) is 15.2 Å². The van der Waals surface area contributed by atoms with Gasteiger partial charge in [0.05, 0.1) is 17.7 Å². The van der Waals surface area contributed by atoms with Gasteiger partial charge in [0.25, 0.3) is 0 Å². The van der Waals surface area contributed by atoms with Crippen molar-refractivity contribution in [2.75, 3.05) is 6.54 Å². The minimum Gasteiger partial charge on any atom is -0.388 e. The van der Waals surface area contributed by atoms with Crippen LogP contribution < -0.4 is 5.32 Å². The highest BCUT2D eigenvalue weighted by Crippen LogP contribution is 2.27. The quantitative estimate of drug-likeness (QED) is 0.874. The molecule has 2 atom stereocenters. The Labute approximate surface area is 146 Å². The van der Waals surface area contributed by atoms with Gasteiger partial charge in [-0.25, -0.2) is 9.78 Å². The summed E-state index contributed by atoms with van der Waals surface area (Å²) >= 11 is 1.60. The zero-order valence-electron chi connectivity index (χ0n) is 13.8. The first-order valence-corrected chi connectivity index (χ1v) is 9.14. The van der Waals surface area contributed by atoms with Gasteiger partial charge in [-0.05, 0) is 31.7 Å². The number of nitrogens with zero attached hydrogens (tertiary/aromatic N) is 2. The number of hydrogen-bond acceptors (Lipinski definition) is 4. The van der Waals surface area contributed by atoms with Crippen molar-refractivity contribution in [2.24, 2.45) is 0 Å². The van der Waals surface area contributed by atoms with Gasteiger partial charge in [0.2, 0.25) is 0 Å². The molecule has 0 bridgehead atoms. The maximum absolute atomic E-state index is 12.5. The van der Waals surface area contributed by atoms with E-state index in [0.717, 1.165) is 34.8 Å². The number of aliphatic hydroxyl groups is 1. The number of thiazole rings is 1. The van der Waals surface area contributed by atoms with Gasteiger partial charge in [0.1, 0.15) is 0 Å². The molecule has 5 nitrogen and oxygen atoms in total. The zero-order valence-corrected chi connectivity index (χ0v) is 14.6. The number of carbonyl (C=O) groups is 1. The lowest BCUT2D eigenvalue weighted by molar-refractivity contribution is 0.126. The average Bonchev–Trinajstić information content (AvgIpc) is 3.22. The summed E-state index contributed by atoms with van der Waals surface area (Å²) in [5, 5.41) is 14.4. The van der Waals surface area contributed by atoms with Crippen LogP contribution in [0.1, 0.15) is 40.8 Å². The Morgan fingerprint density at radius 2 is 2.25 bits per heavy atom. The molecular weight excluding hydrogens is 322 g/mol. The summed E-state index contributed by atoms with van der Waals surface area (Å²) in [6, 6.07) is 9.68. The lowest BCUT2D eigenvalue weighted by atomic mass is 10.0. The fraction of sp³-hybridized carbons (Fsp3) is 0.444. The molecule has 2 heterocycles. The minimum atomic E-state index is -0.534. The molecule has 2 amide bonds. The summed E-state index contributed by atoms with van der Waals surface area (Å²) in [4.78, 5) is 19.6. The Bertz CT molecular complexity index is 674. The van der Waals surface area contributed by atoms with E-state index in [2.05, 4.69) is 10.3 Å². The molecule has 0 radical (unpaired) electrons. The summed E-state index contributed by atoms with van der Waals surface area (Å²) < 4.78 is 0. The first-order chi connectivity index (χ1) is 11.6. The van der Waals surface area contributed by atoms with Gasteiger partial charge in [0, 0.05) is 23.7 Å². The first-order valence-electron chi connectivity index (χ1n) is 8.32. The number of likely N-dealkylation sites (tertiary alicyclic amines) is 1. The number of amides is 2. The molecule has 3 rings (SSSR count). The second kappa shape index (κ2) is 7.77. The Morgan fingerprint density at radius 1 is 1.46 bits per heavy atom. The van der Waals surface area contributed by atoms with Crippen LogP contribution in [0.15, 0.2) is 36.5 Å². The van der Waals surface area contributed by atoms with Crippen molar-refractivity contribution in [3.05, 3.63) is 52.0 Å². The molecule has 1 fully saturated rings. The van der Waals surface area contributed by atoms with E-state index < -0.39 is 6.10 Å². The Morgan fingerprint density at radius 3 is 2.96 bits per heavy atom. The van der Waals surface area contributed by atoms with Gasteiger partial charge in [-0.15, -0.1) is 11.3 Å². The van der Waals surface area contributed by atoms with Crippen LogP contribution >= 0.6 is 11.3 Å². The van der Waals surface area contributed by atoms with Crippen LogP contribution in [0, 0.1) is 6.92 Å². The molecule has 0 spiro atoms. The summed E-state index contributed by atoms with van der Waals surface area (Å²) in [5.41, 5.74) is 0.907. The topological polar surface area (TPSA) is 65.5 Å². The highest BCUT2D eigenvalue weighted by Gasteiger charge is 2.30. The third kappa shape index (κ3) is 4.13. The number of aromatic nitrogens is 1. The number of carbonyl (C=O) groups excluding carboxylic acids is 1. The SMILES string of the molecule is Cc1ncc(CNC(=O)N2CCCC2CC(O)c2ccccc2)s1. The van der Waals surface area contributed by atoms with Gasteiger partial charge in [-0.3, -0.25) is 0 Å². The minimum absolute atomic E-state index is 0.0520. The molecule has 1 aromatic heterocycles. The first kappa shape index (κ1) is 16.9. The van der Waals surface area contributed by atoms with Gasteiger partial charge in [0.15, 0.2) is 0 Å². The van der Waals surface area contributed by atoms with E-state index in [1.165, 1.54) is 0 Å². The van der Waals surface area contributed by atoms with E-state index in [-0.39, 0.29) is 12.1 Å². The second-order valence-electron chi connectivity index (χ2n) is 6.16. The van der Waals surface area contributed by atoms with Gasteiger partial charge >= 0.3 is 6.03 Å². The second-order valence-corrected chi connectivity index (χ2v) is 7.48. The molecule has 1 aliphatic heterocycles. The van der Waals surface area contributed by atoms with Crippen molar-refractivity contribution in [1.29, 1.82) is 0 Å². The molecule has 1 aromatic carbocycles. The maximum atomic E-state index is 12.5. The van der Waals surface area contributed by atoms with Crippen molar-refractivity contribution < 1.29 is 9.90 Å². The van der Waals surface area contributed by atoms with E-state index in [4.69, 9.17) is 0 Å². The predicted octanol–water partition coefficient (Wildman–Crippen LogP) is 3.25. The molecule has 128 valence electrons. The fourth-order valence-corrected chi connectivity index (χ4v) is 3.90. The monoisotopic (exact) mass is 345 g/mol. The van der Waals surface area contributed by atoms with E-state index >= 15 is 0 Å². The van der Waals surface area contributed by atoms with Crippen LogP contribution in [0.25, 0.3) is 0 Å². The Kier molecular flexibility index (Phi) is 5.48. The number of rotatable bonds is 5. The predicted molar refractivity (Wildman–Crippen MR) is 94.8 cm³/mol. The summed E-state index contributed by atoms with van der Waals surface area (Å²) in [6.45, 7) is 3.21. The van der Waals surface area contributed by atoms with E-state index in [0.29, 0.717) is 13.0 Å². The molecule has 0 saturated carbocycles. The molecule has 6 heteroatoms. The van der Waals surface area contributed by atoms with Crippen LogP contribution in [0.3, 0.4) is 0 Å². The van der Waals surface area contributed by atoms with Crippen LogP contribution in [0.4, 0.5) is 4.79 Å². The summed E-state index contributed by atoms with van der Waals surface area (Å²) in [5.74, 6) is 0. The molecule has 2 unspecified atom stereocenters. The normalized spacial score (nSPS) is 18.6. The molecule has 0 aliphatic carbocycles. The van der Waals surface area contributed by atoms with Crippen LogP contribution in [-0.2, 0) is 6.54 Å². The fourth-order valence-electron chi connectivity index (χ4n) is 3.17. The molecule has 2 aromatic rings. The van der Waals surface area contributed by atoms with Crippen LogP contribution in [0.5, 0.6) is 0 Å². The van der Waals surface area contributed by atoms with Crippen molar-refractivity contribution in [2.45, 2.75) is 44.9 Å². The third-order valence-corrected chi connectivity index (χ3v) is 5.31. The Hall–Kier alpha value is -1.92. The number of urea groups is 1. The van der Waals surface area contributed by atoms with E-state index in [1.807, 2.05) is 42.2 Å². The van der Waals surface area contributed by atoms with Gasteiger partial charge in [-0.1, -0.05) is 30.3 Å². The third-order valence-electron chi connectivity index (χ3n) is 4.40. The lowest BCUT2D eigenvalue weighted by Gasteiger charge is -2.26. The highest BCUT2D eigenvalue weighted by molar-refractivity contribution is 7.11. The number of benzene rings is 1. The maximum Gasteiger partial charge on any atom is 0.317 e. The number of aryl methyl sites for hydroxylation is 1. The number of aliphatic hydroxyl groups excluding tert-OH is 1. The average molecular weight is 345 g/mol. The lowest BCUT2D eigenvalue weighted by Crippen LogP contribution is -2.43. The molecule has 24 heavy (non-hydrogen) atoms. The number of hydrogen-bond donors (Lipinski definition) is 2. The standard InChI is InChI=1S/C18H23N3O2S/c1-13-19-11-16(24-13)12-20-18(23)21-9-5-8-15(21)10-17(22)14-6-3-2-4-7-14/h2-4,6-7,11,15,17,22H,5,8-10,12H2,1H3,(H,20,23). The van der Waals surface area contributed by atoms with Crippen molar-refractivity contribution >= 4 is 17.4 Å². The Balaban J connectivity index is 1.55. The van der Waals surface area contributed by atoms with Crippen LogP contribution in [-0.4, -0.2) is 33.6 Å². The smallest absolute Gasteiger partial charge is 0.317 e. The van der Waals surface area contributed by atoms with E-state index in [9.17, 15) is 9.90 Å². The van der Waals surface area contributed by atoms with E-state index in [1.54, 1.807) is 17.5 Å². The number of nitrogens with one attached hydrogen (secondary N) is 1. The summed E-state index contributed by atoms with van der Waals surface area (Å²) in [7, 11) is 0. The highest BCUT2D eigenvalue weighted by atomic mass is 32.1. The molecule has 1 saturated heterocycles. The zero-order chi connectivity index (χ0) is 16.9. The van der Waals surface area contributed by atoms with Gasteiger partial charge < -0.3 is 15.3 Å².